The van der Waals surface area contributed by atoms with E-state index in [1.807, 2.05) is 35.2 Å². The van der Waals surface area contributed by atoms with E-state index in [1.54, 1.807) is 19.2 Å². The molecule has 1 fully saturated rings. The molecule has 1 unspecified atom stereocenters. The molecular weight excluding hydrogens is 306 g/mol. The van der Waals surface area contributed by atoms with E-state index in [-0.39, 0.29) is 11.6 Å². The Bertz CT molecular complexity index is 813. The molecule has 0 spiro atoms. The summed E-state index contributed by atoms with van der Waals surface area (Å²) < 4.78 is 5.43. The summed E-state index contributed by atoms with van der Waals surface area (Å²) in [6.45, 7) is 1.42. The predicted octanol–water partition coefficient (Wildman–Crippen LogP) is 3.47. The van der Waals surface area contributed by atoms with Gasteiger partial charge in [-0.3, -0.25) is 10.1 Å². The maximum Gasteiger partial charge on any atom is 0.293 e. The molecule has 1 heterocycles. The van der Waals surface area contributed by atoms with Gasteiger partial charge in [0.25, 0.3) is 5.69 Å². The number of nitro benzene ring substituents is 1. The van der Waals surface area contributed by atoms with Gasteiger partial charge >= 0.3 is 0 Å². The zero-order valence-corrected chi connectivity index (χ0v) is 13.3. The van der Waals surface area contributed by atoms with Crippen molar-refractivity contribution in [2.75, 3.05) is 25.1 Å². The Balaban J connectivity index is 1.89. The standard InChI is InChI=1S/C18H17N3O3/c1-24-18-5-3-2-4-15(18)14-8-9-20(12-14)16-7-6-13(11-19)10-17(16)21(22)23/h2-7,10,14H,8-9,12H2,1H3. The molecule has 3 rings (SSSR count). The van der Waals surface area contributed by atoms with Gasteiger partial charge < -0.3 is 9.64 Å². The molecule has 2 aromatic carbocycles. The van der Waals surface area contributed by atoms with Gasteiger partial charge in [-0.25, -0.2) is 0 Å². The molecule has 2 aromatic rings. The second-order valence-electron chi connectivity index (χ2n) is 5.75. The number of nitriles is 1. The molecule has 0 saturated carbocycles. The summed E-state index contributed by atoms with van der Waals surface area (Å²) in [6, 6.07) is 14.5. The maximum absolute atomic E-state index is 11.3. The zero-order chi connectivity index (χ0) is 17.1. The summed E-state index contributed by atoms with van der Waals surface area (Å²) in [6.07, 6.45) is 0.900. The summed E-state index contributed by atoms with van der Waals surface area (Å²) >= 11 is 0. The lowest BCUT2D eigenvalue weighted by molar-refractivity contribution is -0.384. The highest BCUT2D eigenvalue weighted by Crippen LogP contribution is 2.38. The molecule has 1 atom stereocenters. The zero-order valence-electron chi connectivity index (χ0n) is 13.3. The Morgan fingerprint density at radius 3 is 2.83 bits per heavy atom. The van der Waals surface area contributed by atoms with Crippen molar-refractivity contribution in [3.8, 4) is 11.8 Å². The third kappa shape index (κ3) is 2.88. The highest BCUT2D eigenvalue weighted by Gasteiger charge is 2.30. The lowest BCUT2D eigenvalue weighted by Crippen LogP contribution is -2.20. The normalized spacial score (nSPS) is 16.7. The SMILES string of the molecule is COc1ccccc1C1CCN(c2ccc(C#N)cc2[N+](=O)[O-])C1. The van der Waals surface area contributed by atoms with Gasteiger partial charge in [-0.2, -0.15) is 5.26 Å². The first-order valence-electron chi connectivity index (χ1n) is 7.70. The van der Waals surface area contributed by atoms with E-state index in [4.69, 9.17) is 10.00 Å². The van der Waals surface area contributed by atoms with Crippen LogP contribution >= 0.6 is 0 Å². The lowest BCUT2D eigenvalue weighted by atomic mass is 9.97. The van der Waals surface area contributed by atoms with Gasteiger partial charge in [0.15, 0.2) is 0 Å². The minimum atomic E-state index is -0.424. The number of hydrogen-bond donors (Lipinski definition) is 0. The molecule has 0 amide bonds. The van der Waals surface area contributed by atoms with Crippen LogP contribution in [-0.4, -0.2) is 25.1 Å². The fraction of sp³-hybridized carbons (Fsp3) is 0.278. The van der Waals surface area contributed by atoms with Gasteiger partial charge in [-0.15, -0.1) is 0 Å². The minimum absolute atomic E-state index is 0.0188. The van der Waals surface area contributed by atoms with Crippen LogP contribution in [0, 0.1) is 21.4 Å². The van der Waals surface area contributed by atoms with E-state index in [2.05, 4.69) is 0 Å². The molecule has 0 aliphatic carbocycles. The Labute approximate surface area is 140 Å². The highest BCUT2D eigenvalue weighted by molar-refractivity contribution is 5.66. The highest BCUT2D eigenvalue weighted by atomic mass is 16.6. The van der Waals surface area contributed by atoms with Crippen molar-refractivity contribution < 1.29 is 9.66 Å². The first-order chi connectivity index (χ1) is 11.6. The van der Waals surface area contributed by atoms with Crippen LogP contribution in [0.25, 0.3) is 0 Å². The molecule has 1 aliphatic rings. The number of ether oxygens (including phenoxy) is 1. The van der Waals surface area contributed by atoms with Gasteiger partial charge in [0.2, 0.25) is 0 Å². The molecule has 0 radical (unpaired) electrons. The van der Waals surface area contributed by atoms with Crippen LogP contribution in [-0.2, 0) is 0 Å². The number of rotatable bonds is 4. The number of nitrogens with zero attached hydrogens (tertiary/aromatic N) is 3. The second-order valence-corrected chi connectivity index (χ2v) is 5.75. The predicted molar refractivity (Wildman–Crippen MR) is 90.4 cm³/mol. The van der Waals surface area contributed by atoms with E-state index in [9.17, 15) is 10.1 Å². The number of para-hydroxylation sites is 1. The summed E-state index contributed by atoms with van der Waals surface area (Å²) in [4.78, 5) is 12.9. The third-order valence-corrected chi connectivity index (χ3v) is 4.41. The number of anilines is 1. The summed E-state index contributed by atoms with van der Waals surface area (Å²) in [5.41, 5.74) is 1.97. The number of nitro groups is 1. The van der Waals surface area contributed by atoms with Crippen molar-refractivity contribution in [3.63, 3.8) is 0 Å². The van der Waals surface area contributed by atoms with Crippen molar-refractivity contribution in [1.82, 2.24) is 0 Å². The van der Waals surface area contributed by atoms with Crippen LogP contribution in [0.1, 0.15) is 23.5 Å². The number of hydrogen-bond acceptors (Lipinski definition) is 5. The van der Waals surface area contributed by atoms with Gasteiger partial charge in [0.05, 0.1) is 23.7 Å². The van der Waals surface area contributed by atoms with Crippen LogP contribution in [0.2, 0.25) is 0 Å². The molecule has 24 heavy (non-hydrogen) atoms. The topological polar surface area (TPSA) is 79.4 Å². The average Bonchev–Trinajstić information content (AvgIpc) is 3.10. The fourth-order valence-corrected chi connectivity index (χ4v) is 3.24. The molecule has 1 saturated heterocycles. The quantitative estimate of drug-likeness (QED) is 0.636. The van der Waals surface area contributed by atoms with Crippen LogP contribution < -0.4 is 9.64 Å². The fourth-order valence-electron chi connectivity index (χ4n) is 3.24. The van der Waals surface area contributed by atoms with Crippen molar-refractivity contribution in [2.45, 2.75) is 12.3 Å². The third-order valence-electron chi connectivity index (χ3n) is 4.41. The van der Waals surface area contributed by atoms with Crippen LogP contribution in [0.15, 0.2) is 42.5 Å². The first kappa shape index (κ1) is 15.8. The summed E-state index contributed by atoms with van der Waals surface area (Å²) in [7, 11) is 1.65. The van der Waals surface area contributed by atoms with Gasteiger partial charge in [-0.05, 0) is 30.2 Å². The average molecular weight is 323 g/mol. The van der Waals surface area contributed by atoms with E-state index >= 15 is 0 Å². The molecular formula is C18H17N3O3. The van der Waals surface area contributed by atoms with E-state index < -0.39 is 4.92 Å². The van der Waals surface area contributed by atoms with Gasteiger partial charge in [0.1, 0.15) is 11.4 Å². The maximum atomic E-state index is 11.3. The Morgan fingerprint density at radius 2 is 2.12 bits per heavy atom. The number of benzene rings is 2. The van der Waals surface area contributed by atoms with E-state index in [0.29, 0.717) is 17.8 Å². The summed E-state index contributed by atoms with van der Waals surface area (Å²) in [5.74, 6) is 1.11. The molecule has 6 heteroatoms. The van der Waals surface area contributed by atoms with Gasteiger partial charge in [0, 0.05) is 25.1 Å². The van der Waals surface area contributed by atoms with Crippen LogP contribution in [0.3, 0.4) is 0 Å². The van der Waals surface area contributed by atoms with Crippen LogP contribution in [0.4, 0.5) is 11.4 Å². The van der Waals surface area contributed by atoms with E-state index in [1.165, 1.54) is 6.07 Å². The van der Waals surface area contributed by atoms with Gasteiger partial charge in [-0.1, -0.05) is 18.2 Å². The number of methoxy groups -OCH3 is 1. The molecule has 0 aromatic heterocycles. The lowest BCUT2D eigenvalue weighted by Gasteiger charge is -2.19. The Kier molecular flexibility index (Phi) is 4.34. The Morgan fingerprint density at radius 1 is 1.33 bits per heavy atom. The smallest absolute Gasteiger partial charge is 0.293 e. The van der Waals surface area contributed by atoms with Crippen molar-refractivity contribution >= 4 is 11.4 Å². The molecule has 0 bridgehead atoms. The largest absolute Gasteiger partial charge is 0.496 e. The monoisotopic (exact) mass is 323 g/mol. The minimum Gasteiger partial charge on any atom is -0.496 e. The molecule has 1 aliphatic heterocycles. The van der Waals surface area contributed by atoms with E-state index in [0.717, 1.165) is 24.3 Å². The second kappa shape index (κ2) is 6.59. The molecule has 0 N–H and O–H groups in total. The van der Waals surface area contributed by atoms with Crippen molar-refractivity contribution in [1.29, 1.82) is 5.26 Å². The Hall–Kier alpha value is -3.07. The summed E-state index contributed by atoms with van der Waals surface area (Å²) in [5, 5.41) is 20.3. The van der Waals surface area contributed by atoms with Crippen LogP contribution in [0.5, 0.6) is 5.75 Å². The molecule has 122 valence electrons. The molecule has 6 nitrogen and oxygen atoms in total. The van der Waals surface area contributed by atoms with Crippen molar-refractivity contribution in [2.24, 2.45) is 0 Å². The first-order valence-corrected chi connectivity index (χ1v) is 7.70. The van der Waals surface area contributed by atoms with Crippen molar-refractivity contribution in [3.05, 3.63) is 63.7 Å².